The fourth-order valence-corrected chi connectivity index (χ4v) is 2.71. The fraction of sp³-hybridized carbons (Fsp3) is 0.465. The van der Waals surface area contributed by atoms with Crippen LogP contribution < -0.4 is 10.1 Å². The van der Waals surface area contributed by atoms with E-state index < -0.39 is 12.1 Å². The topological polar surface area (TPSA) is 131 Å². The second-order valence-corrected chi connectivity index (χ2v) is 9.17. The Hall–Kier alpha value is -4.79. The molecule has 1 atom stereocenters. The Morgan fingerprint density at radius 3 is 1.75 bits per heavy atom. The molecule has 0 aliphatic heterocycles. The monoisotopic (exact) mass is 734 g/mol. The molecule has 0 fully saturated rings. The van der Waals surface area contributed by atoms with Gasteiger partial charge in [0.25, 0.3) is 0 Å². The van der Waals surface area contributed by atoms with Crippen molar-refractivity contribution in [3.8, 4) is 5.75 Å². The first-order valence-corrected chi connectivity index (χ1v) is 17.8. The molecule has 0 saturated carbocycles. The lowest BCUT2D eigenvalue weighted by Gasteiger charge is -2.13. The molecule has 52 heavy (non-hydrogen) atoms. The van der Waals surface area contributed by atoms with Crippen molar-refractivity contribution in [3.63, 3.8) is 0 Å². The lowest BCUT2D eigenvalue weighted by atomic mass is 10.0. The number of carbonyl (C=O) groups is 3. The van der Waals surface area contributed by atoms with E-state index in [1.807, 2.05) is 92.7 Å². The lowest BCUT2D eigenvalue weighted by molar-refractivity contribution is -0.142. The summed E-state index contributed by atoms with van der Waals surface area (Å²) in [5, 5.41) is 19.6. The van der Waals surface area contributed by atoms with Gasteiger partial charge in [0.1, 0.15) is 18.1 Å². The first-order chi connectivity index (χ1) is 24.9. The normalized spacial score (nSPS) is 9.63. The van der Waals surface area contributed by atoms with Crippen molar-refractivity contribution in [2.75, 3.05) is 26.4 Å². The number of aliphatic hydroxyl groups excluding tert-OH is 1. The Morgan fingerprint density at radius 1 is 0.865 bits per heavy atom. The Morgan fingerprint density at radius 2 is 1.38 bits per heavy atom. The number of alkyl carbamates (subject to hydrolysis) is 1. The van der Waals surface area contributed by atoms with Crippen LogP contribution in [0.25, 0.3) is 0 Å². The summed E-state index contributed by atoms with van der Waals surface area (Å²) in [6.07, 6.45) is 14.4. The number of allylic oxidation sites excluding steroid dienone is 5. The van der Waals surface area contributed by atoms with Crippen LogP contribution >= 0.6 is 0 Å². The Balaban J connectivity index is -0.000000106. The number of benzene rings is 1. The number of amides is 1. The molecular weight excluding hydrogens is 658 g/mol. The molecule has 0 saturated heterocycles. The number of esters is 1. The maximum absolute atomic E-state index is 11.3. The van der Waals surface area contributed by atoms with Crippen LogP contribution in [0, 0.1) is 12.8 Å². The molecule has 0 aliphatic carbocycles. The highest BCUT2D eigenvalue weighted by molar-refractivity contribution is 5.69. The Bertz CT molecular complexity index is 1040. The molecule has 1 amide bonds. The third kappa shape index (κ3) is 57.5. The maximum Gasteiger partial charge on any atom is 0.407 e. The molecule has 0 radical (unpaired) electrons. The zero-order valence-electron chi connectivity index (χ0n) is 34.6. The highest BCUT2D eigenvalue weighted by Crippen LogP contribution is 2.13. The van der Waals surface area contributed by atoms with Gasteiger partial charge in [0.2, 0.25) is 0 Å². The van der Waals surface area contributed by atoms with Crippen molar-refractivity contribution >= 4 is 18.0 Å². The van der Waals surface area contributed by atoms with Gasteiger partial charge in [-0.2, -0.15) is 0 Å². The van der Waals surface area contributed by atoms with Crippen LogP contribution in [0.1, 0.15) is 100 Å². The van der Waals surface area contributed by atoms with E-state index >= 15 is 0 Å². The molecule has 300 valence electrons. The van der Waals surface area contributed by atoms with Gasteiger partial charge < -0.3 is 29.7 Å². The number of hydrogen-bond acceptors (Lipinski definition) is 7. The van der Waals surface area contributed by atoms with E-state index in [4.69, 9.17) is 19.7 Å². The summed E-state index contributed by atoms with van der Waals surface area (Å²) in [4.78, 5) is 32.0. The van der Waals surface area contributed by atoms with Gasteiger partial charge in [0, 0.05) is 12.3 Å². The van der Waals surface area contributed by atoms with Crippen LogP contribution in [0.2, 0.25) is 0 Å². The number of nitrogens with one attached hydrogen (secondary N) is 1. The van der Waals surface area contributed by atoms with Crippen molar-refractivity contribution in [2.45, 2.75) is 102 Å². The van der Waals surface area contributed by atoms with E-state index in [1.54, 1.807) is 18.2 Å². The van der Waals surface area contributed by atoms with Crippen molar-refractivity contribution < 1.29 is 38.8 Å². The summed E-state index contributed by atoms with van der Waals surface area (Å²) in [6.45, 7) is 41.1. The third-order valence-electron chi connectivity index (χ3n) is 5.16. The molecule has 1 aromatic rings. The summed E-state index contributed by atoms with van der Waals surface area (Å²) in [7, 11) is 0. The maximum atomic E-state index is 11.3. The van der Waals surface area contributed by atoms with Crippen LogP contribution in [-0.4, -0.2) is 54.6 Å². The van der Waals surface area contributed by atoms with Gasteiger partial charge in [-0.25, -0.2) is 9.59 Å². The minimum Gasteiger partial charge on any atom is -0.511 e. The quantitative estimate of drug-likeness (QED) is 0.0702. The van der Waals surface area contributed by atoms with Crippen LogP contribution in [0.5, 0.6) is 5.75 Å². The molecule has 1 rings (SSSR count). The molecule has 0 bridgehead atoms. The number of aliphatic carboxylic acids is 1. The number of carbonyl (C=O) groups excluding carboxylic acids is 2. The summed E-state index contributed by atoms with van der Waals surface area (Å²) in [5.74, 6) is -0.407. The molecule has 1 aromatic carbocycles. The lowest BCUT2D eigenvalue weighted by Crippen LogP contribution is -2.27. The number of aliphatic hydroxyl groups is 1. The molecule has 0 heterocycles. The van der Waals surface area contributed by atoms with Gasteiger partial charge in [-0.3, -0.25) is 4.79 Å². The Labute approximate surface area is 318 Å². The highest BCUT2D eigenvalue weighted by Gasteiger charge is 2.08. The van der Waals surface area contributed by atoms with E-state index in [2.05, 4.69) is 75.5 Å². The predicted molar refractivity (Wildman–Crippen MR) is 224 cm³/mol. The highest BCUT2D eigenvalue weighted by atomic mass is 16.5. The number of aryl methyl sites for hydroxylation is 1. The molecule has 0 aromatic heterocycles. The van der Waals surface area contributed by atoms with E-state index in [1.165, 1.54) is 5.57 Å². The van der Waals surface area contributed by atoms with Gasteiger partial charge in [-0.05, 0) is 59.1 Å². The summed E-state index contributed by atoms with van der Waals surface area (Å²) >= 11 is 0. The molecule has 9 heteroatoms. The second-order valence-electron chi connectivity index (χ2n) is 9.17. The van der Waals surface area contributed by atoms with E-state index in [0.29, 0.717) is 25.4 Å². The summed E-state index contributed by atoms with van der Waals surface area (Å²) in [6, 6.07) is 7.24. The van der Waals surface area contributed by atoms with Gasteiger partial charge in [0.15, 0.2) is 6.61 Å². The van der Waals surface area contributed by atoms with Crippen LogP contribution in [0.3, 0.4) is 0 Å². The average molecular weight is 734 g/mol. The van der Waals surface area contributed by atoms with E-state index in [9.17, 15) is 14.4 Å². The zero-order valence-corrected chi connectivity index (χ0v) is 34.6. The second kappa shape index (κ2) is 55.6. The summed E-state index contributed by atoms with van der Waals surface area (Å²) in [5.41, 5.74) is 2.36. The fourth-order valence-electron chi connectivity index (χ4n) is 2.71. The van der Waals surface area contributed by atoms with Crippen LogP contribution in [0.4, 0.5) is 4.79 Å². The van der Waals surface area contributed by atoms with Gasteiger partial charge in [0.05, 0.1) is 13.2 Å². The minimum atomic E-state index is -0.962. The predicted octanol–water partition coefficient (Wildman–Crippen LogP) is 11.9. The first kappa shape index (κ1) is 62.4. The number of carboxylic acid groups (broad SMARTS) is 1. The average Bonchev–Trinajstić information content (AvgIpc) is 3.18. The molecule has 1 unspecified atom stereocenters. The molecular formula is C43H75NO8. The van der Waals surface area contributed by atoms with E-state index in [-0.39, 0.29) is 30.8 Å². The number of hydrogen-bond donors (Lipinski definition) is 3. The van der Waals surface area contributed by atoms with Gasteiger partial charge in [-0.1, -0.05) is 121 Å². The molecule has 9 nitrogen and oxygen atoms in total. The van der Waals surface area contributed by atoms with Crippen molar-refractivity contribution in [3.05, 3.63) is 117 Å². The largest absolute Gasteiger partial charge is 0.511 e. The smallest absolute Gasteiger partial charge is 0.407 e. The standard InChI is InChI=1S/C15H25NO3.C9H10O3.C7H12O2.C4H8.2C2H6.2C2H4/c1-5-8-13(6-2)9-14(7-3)11-19-15(18)16-10-12(4)17;1-7-2-4-8(5-3-7)12-6-9(10)11;1-3-5-7(8)9-6-4-2;1-3-4-2;4*1-2/h5,8-9,14,17H,4,6-7,10-11H2,1-3H3,(H,16,18);2-5H,6H2,1H3,(H,10,11);4H,2-3,5-6H2,1H3;3-4H,1-2H3;2*1-2H3;2*1-2H2/b8-5-,13-9+;;;4-3-;;;;. The van der Waals surface area contributed by atoms with Crippen molar-refractivity contribution in [1.29, 1.82) is 0 Å². The number of ether oxygens (including phenoxy) is 3. The molecule has 0 aliphatic rings. The SMILES string of the molecule is C/C=C\C.C=C.C=C.C=C(O)CNC(=O)OCC(/C=C(/C=C\C)CC)CC.C=CCOC(=O)CCC.CC.CC.Cc1ccc(OCC(=O)O)cc1. The minimum absolute atomic E-state index is 0.0181. The van der Waals surface area contributed by atoms with Crippen LogP contribution in [0.15, 0.2) is 112 Å². The van der Waals surface area contributed by atoms with Gasteiger partial charge >= 0.3 is 18.0 Å². The molecule has 0 spiro atoms. The van der Waals surface area contributed by atoms with Crippen molar-refractivity contribution in [2.24, 2.45) is 5.92 Å². The molecule has 3 N–H and O–H groups in total. The van der Waals surface area contributed by atoms with Crippen molar-refractivity contribution in [1.82, 2.24) is 5.32 Å². The Kier molecular flexibility index (Phi) is 66.7. The zero-order chi connectivity index (χ0) is 42.2. The number of carboxylic acids is 1. The summed E-state index contributed by atoms with van der Waals surface area (Å²) < 4.78 is 14.7. The number of rotatable bonds is 15. The first-order valence-electron chi connectivity index (χ1n) is 17.8. The third-order valence-corrected chi connectivity index (χ3v) is 5.16. The van der Waals surface area contributed by atoms with E-state index in [0.717, 1.165) is 24.8 Å². The van der Waals surface area contributed by atoms with Gasteiger partial charge in [-0.15, -0.1) is 26.3 Å². The van der Waals surface area contributed by atoms with Crippen LogP contribution in [-0.2, 0) is 19.1 Å².